The van der Waals surface area contributed by atoms with E-state index < -0.39 is 0 Å². The molecule has 1 heteroatoms. The number of benzene rings is 2. The van der Waals surface area contributed by atoms with Crippen LogP contribution in [0.5, 0.6) is 0 Å². The molecule has 0 heterocycles. The topological polar surface area (TPSA) is 0 Å². The summed E-state index contributed by atoms with van der Waals surface area (Å²) in [5, 5.41) is 0.881. The van der Waals surface area contributed by atoms with Crippen LogP contribution >= 0.6 is 11.6 Å². The lowest BCUT2D eigenvalue weighted by Crippen LogP contribution is -2.08. The number of hydrogen-bond donors (Lipinski definition) is 0. The number of fused-ring (bicyclic) bond motifs is 1. The van der Waals surface area contributed by atoms with Gasteiger partial charge in [0.1, 0.15) is 0 Å². The molecule has 0 saturated carbocycles. The van der Waals surface area contributed by atoms with Crippen molar-refractivity contribution in [2.75, 3.05) is 0 Å². The van der Waals surface area contributed by atoms with E-state index in [0.717, 1.165) is 11.4 Å². The molecule has 1 aliphatic carbocycles. The van der Waals surface area contributed by atoms with Gasteiger partial charge in [-0.15, -0.1) is 0 Å². The summed E-state index contributed by atoms with van der Waals surface area (Å²) in [6, 6.07) is 13.3. The minimum Gasteiger partial charge on any atom is -0.0840 e. The highest BCUT2D eigenvalue weighted by atomic mass is 35.5. The number of rotatable bonds is 7. The third-order valence-corrected chi connectivity index (χ3v) is 6.43. The van der Waals surface area contributed by atoms with E-state index >= 15 is 0 Å². The molecule has 0 radical (unpaired) electrons. The van der Waals surface area contributed by atoms with Crippen LogP contribution in [0.4, 0.5) is 0 Å². The fourth-order valence-electron chi connectivity index (χ4n) is 4.46. The Morgan fingerprint density at radius 3 is 2.61 bits per heavy atom. The summed E-state index contributed by atoms with van der Waals surface area (Å²) in [4.78, 5) is 0. The Labute approximate surface area is 176 Å². The van der Waals surface area contributed by atoms with Gasteiger partial charge in [-0.05, 0) is 72.1 Å². The van der Waals surface area contributed by atoms with Gasteiger partial charge >= 0.3 is 0 Å². The van der Waals surface area contributed by atoms with Crippen LogP contribution in [0.25, 0.3) is 11.1 Å². The second kappa shape index (κ2) is 9.61. The Kier molecular flexibility index (Phi) is 7.18. The first-order chi connectivity index (χ1) is 13.6. The second-order valence-corrected chi connectivity index (χ2v) is 8.46. The quantitative estimate of drug-likeness (QED) is 0.413. The summed E-state index contributed by atoms with van der Waals surface area (Å²) in [6.45, 7) is 8.95. The summed E-state index contributed by atoms with van der Waals surface area (Å²) < 4.78 is 0. The van der Waals surface area contributed by atoms with E-state index in [1.165, 1.54) is 71.1 Å². The van der Waals surface area contributed by atoms with Crippen molar-refractivity contribution in [3.63, 3.8) is 0 Å². The Morgan fingerprint density at radius 1 is 1.07 bits per heavy atom. The number of unbranched alkanes of at least 4 members (excludes halogenated alkanes) is 2. The van der Waals surface area contributed by atoms with Crippen molar-refractivity contribution in [1.29, 1.82) is 0 Å². The maximum absolute atomic E-state index is 6.60. The van der Waals surface area contributed by atoms with Crippen LogP contribution in [-0.2, 0) is 6.42 Å². The van der Waals surface area contributed by atoms with E-state index in [1.54, 1.807) is 0 Å². The molecular weight excluding hydrogens is 360 g/mol. The molecule has 3 rings (SSSR count). The maximum atomic E-state index is 6.60. The fraction of sp³-hybridized carbons (Fsp3) is 0.407. The molecule has 2 aromatic rings. The second-order valence-electron chi connectivity index (χ2n) is 8.05. The van der Waals surface area contributed by atoms with Gasteiger partial charge in [0, 0.05) is 11.4 Å². The maximum Gasteiger partial charge on any atom is 0.0447 e. The van der Waals surface area contributed by atoms with Gasteiger partial charge in [0.25, 0.3) is 0 Å². The summed E-state index contributed by atoms with van der Waals surface area (Å²) in [5.41, 5.74) is 9.52. The zero-order valence-electron chi connectivity index (χ0n) is 17.8. The lowest BCUT2D eigenvalue weighted by Gasteiger charge is -2.25. The van der Waals surface area contributed by atoms with E-state index in [1.807, 2.05) is 6.07 Å². The lowest BCUT2D eigenvalue weighted by atomic mass is 9.79. The van der Waals surface area contributed by atoms with Crippen LogP contribution in [0.1, 0.15) is 86.6 Å². The van der Waals surface area contributed by atoms with Gasteiger partial charge in [0.05, 0.1) is 0 Å². The van der Waals surface area contributed by atoms with E-state index in [0.29, 0.717) is 5.92 Å². The van der Waals surface area contributed by atoms with Gasteiger partial charge in [-0.25, -0.2) is 0 Å². The molecule has 1 unspecified atom stereocenters. The third-order valence-electron chi connectivity index (χ3n) is 6.08. The molecule has 0 fully saturated rings. The van der Waals surface area contributed by atoms with Crippen LogP contribution in [0, 0.1) is 6.92 Å². The van der Waals surface area contributed by atoms with Crippen molar-refractivity contribution < 1.29 is 0 Å². The predicted molar refractivity (Wildman–Crippen MR) is 125 cm³/mol. The van der Waals surface area contributed by atoms with E-state index in [2.05, 4.69) is 70.2 Å². The Balaban J connectivity index is 2.04. The number of halogens is 1. The number of allylic oxidation sites excluding steroid dienone is 4. The van der Waals surface area contributed by atoms with Gasteiger partial charge in [-0.3, -0.25) is 0 Å². The molecule has 0 amide bonds. The van der Waals surface area contributed by atoms with Crippen molar-refractivity contribution in [2.24, 2.45) is 0 Å². The van der Waals surface area contributed by atoms with Gasteiger partial charge in [-0.2, -0.15) is 0 Å². The molecular formula is C27H33Cl. The summed E-state index contributed by atoms with van der Waals surface area (Å²) in [5.74, 6) is 0.629. The van der Waals surface area contributed by atoms with Gasteiger partial charge in [0.15, 0.2) is 0 Å². The molecule has 1 atom stereocenters. The van der Waals surface area contributed by atoms with Gasteiger partial charge < -0.3 is 0 Å². The first-order valence-electron chi connectivity index (χ1n) is 10.8. The van der Waals surface area contributed by atoms with Crippen molar-refractivity contribution >= 4 is 22.7 Å². The molecule has 0 saturated heterocycles. The molecule has 0 spiro atoms. The van der Waals surface area contributed by atoms with Gasteiger partial charge in [-0.1, -0.05) is 92.8 Å². The minimum atomic E-state index is 0.629. The van der Waals surface area contributed by atoms with Crippen LogP contribution in [0.15, 0.2) is 48.6 Å². The van der Waals surface area contributed by atoms with Crippen molar-refractivity contribution in [3.8, 4) is 0 Å². The van der Waals surface area contributed by atoms with E-state index in [9.17, 15) is 0 Å². The molecule has 0 nitrogen and oxygen atoms in total. The van der Waals surface area contributed by atoms with Crippen molar-refractivity contribution in [1.82, 2.24) is 0 Å². The highest BCUT2D eigenvalue weighted by Gasteiger charge is 2.22. The SMILES string of the molecule is C/C=C1/C=C(c2ccc(C)cc2C(CC)CCCCC)Cc2c(Cl)cccc21. The molecule has 0 bridgehead atoms. The first kappa shape index (κ1) is 20.9. The molecule has 0 N–H and O–H groups in total. The fourth-order valence-corrected chi connectivity index (χ4v) is 4.70. The predicted octanol–water partition coefficient (Wildman–Crippen LogP) is 8.77. The van der Waals surface area contributed by atoms with E-state index in [4.69, 9.17) is 11.6 Å². The van der Waals surface area contributed by atoms with E-state index in [-0.39, 0.29) is 0 Å². The third kappa shape index (κ3) is 4.44. The van der Waals surface area contributed by atoms with Crippen LogP contribution < -0.4 is 0 Å². The first-order valence-corrected chi connectivity index (χ1v) is 11.2. The zero-order chi connectivity index (χ0) is 20.1. The van der Waals surface area contributed by atoms with Crippen molar-refractivity contribution in [3.05, 3.63) is 81.4 Å². The molecule has 0 aromatic heterocycles. The Morgan fingerprint density at radius 2 is 1.89 bits per heavy atom. The Bertz CT molecular complexity index is 885. The average molecular weight is 393 g/mol. The highest BCUT2D eigenvalue weighted by Crippen LogP contribution is 2.40. The molecule has 1 aliphatic rings. The number of aryl methyl sites for hydroxylation is 1. The van der Waals surface area contributed by atoms with Crippen LogP contribution in [-0.4, -0.2) is 0 Å². The summed E-state index contributed by atoms with van der Waals surface area (Å²) in [6.07, 6.45) is 11.9. The zero-order valence-corrected chi connectivity index (χ0v) is 18.6. The summed E-state index contributed by atoms with van der Waals surface area (Å²) >= 11 is 6.60. The van der Waals surface area contributed by atoms with Gasteiger partial charge in [0.2, 0.25) is 0 Å². The highest BCUT2D eigenvalue weighted by molar-refractivity contribution is 6.31. The molecule has 28 heavy (non-hydrogen) atoms. The summed E-state index contributed by atoms with van der Waals surface area (Å²) in [7, 11) is 0. The number of hydrogen-bond acceptors (Lipinski definition) is 0. The monoisotopic (exact) mass is 392 g/mol. The minimum absolute atomic E-state index is 0.629. The normalized spacial score (nSPS) is 16.0. The molecule has 0 aliphatic heterocycles. The van der Waals surface area contributed by atoms with Crippen LogP contribution in [0.3, 0.4) is 0 Å². The van der Waals surface area contributed by atoms with Crippen LogP contribution in [0.2, 0.25) is 5.02 Å². The molecule has 148 valence electrons. The lowest BCUT2D eigenvalue weighted by molar-refractivity contribution is 0.552. The molecule has 2 aromatic carbocycles. The standard InChI is InChI=1S/C27H33Cl/c1-5-8-9-11-20(6-2)25-16-19(4)14-15-24(25)22-17-21(7-3)23-12-10-13-27(28)26(23)18-22/h7,10,12-17,20H,5-6,8-9,11,18H2,1-4H3/b21-7-. The average Bonchev–Trinajstić information content (AvgIpc) is 2.71. The van der Waals surface area contributed by atoms with Crippen molar-refractivity contribution in [2.45, 2.75) is 72.1 Å². The smallest absolute Gasteiger partial charge is 0.0447 e. The Hall–Kier alpha value is -1.79. The largest absolute Gasteiger partial charge is 0.0840 e.